The van der Waals surface area contributed by atoms with Crippen LogP contribution in [-0.2, 0) is 10.3 Å². The Hall–Kier alpha value is 0.870. The van der Waals surface area contributed by atoms with Crippen molar-refractivity contribution >= 4 is 10.3 Å². The fraction of sp³-hybridized carbons (Fsp3) is 1.00. The maximum absolute atomic E-state index is 10.2. The molecule has 68 valence electrons. The third-order valence-corrected chi connectivity index (χ3v) is 2.49. The van der Waals surface area contributed by atoms with Crippen LogP contribution >= 0.6 is 0 Å². The summed E-state index contributed by atoms with van der Waals surface area (Å²) in [6.07, 6.45) is 0.851. The fourth-order valence-electron chi connectivity index (χ4n) is 0.697. The predicted molar refractivity (Wildman–Crippen MR) is 41.7 cm³/mol. The molecule has 0 rings (SSSR count). The molecule has 0 heterocycles. The van der Waals surface area contributed by atoms with Crippen LogP contribution in [0.3, 0.4) is 0 Å². The van der Waals surface area contributed by atoms with Crippen LogP contribution in [0, 0.1) is 5.92 Å². The van der Waals surface area contributed by atoms with E-state index in [-0.39, 0.29) is 41.5 Å². The molecule has 0 radical (unpaired) electrons. The molecule has 4 nitrogen and oxygen atoms in total. The minimum absolute atomic E-state index is 0. The van der Waals surface area contributed by atoms with E-state index in [1.54, 1.807) is 6.92 Å². The van der Waals surface area contributed by atoms with E-state index in [1.165, 1.54) is 0 Å². The predicted octanol–water partition coefficient (Wildman–Crippen LogP) is -2.53. The molecule has 0 saturated heterocycles. The van der Waals surface area contributed by atoms with Crippen molar-refractivity contribution in [2.45, 2.75) is 33.2 Å². The summed E-state index contributed by atoms with van der Waals surface area (Å²) in [4.78, 5) is 0. The van der Waals surface area contributed by atoms with E-state index in [0.717, 1.165) is 6.42 Å². The second-order valence-corrected chi connectivity index (χ2v) is 3.89. The summed E-state index contributed by atoms with van der Waals surface area (Å²) in [5, 5.41) is 0. The van der Waals surface area contributed by atoms with Crippen molar-refractivity contribution in [3.05, 3.63) is 0 Å². The van der Waals surface area contributed by atoms with Crippen molar-refractivity contribution in [2.75, 3.05) is 0 Å². The number of hydrogen-bond donors (Lipinski definition) is 1. The van der Waals surface area contributed by atoms with Crippen molar-refractivity contribution < 1.29 is 42.5 Å². The molecule has 1 N–H and O–H groups in total. The molecule has 0 aliphatic rings. The first-order valence-corrected chi connectivity index (χ1v) is 5.00. The number of nitrogens with one attached hydrogen (secondary N) is 1. The molecule has 0 amide bonds. The van der Waals surface area contributed by atoms with Gasteiger partial charge >= 0.3 is 29.6 Å². The summed E-state index contributed by atoms with van der Waals surface area (Å²) >= 11 is 0. The Morgan fingerprint density at radius 2 is 1.83 bits per heavy atom. The average Bonchev–Trinajstić information content (AvgIpc) is 1.82. The maximum atomic E-state index is 10.2. The van der Waals surface area contributed by atoms with Crippen LogP contribution in [0.25, 0.3) is 0 Å². The Morgan fingerprint density at radius 1 is 1.42 bits per heavy atom. The summed E-state index contributed by atoms with van der Waals surface area (Å²) < 4.78 is 32.6. The Bertz CT molecular complexity index is 205. The van der Waals surface area contributed by atoms with Gasteiger partial charge in [0.2, 0.25) is 0 Å². The van der Waals surface area contributed by atoms with E-state index in [4.69, 9.17) is 0 Å². The Morgan fingerprint density at radius 3 is 2.08 bits per heavy atom. The van der Waals surface area contributed by atoms with Gasteiger partial charge in [0.05, 0.1) is 0 Å². The molecule has 0 spiro atoms. The zero-order valence-electron chi connectivity index (χ0n) is 7.99. The first kappa shape index (κ1) is 15.3. The summed E-state index contributed by atoms with van der Waals surface area (Å²) in [5.74, 6) is 0.193. The van der Waals surface area contributed by atoms with Gasteiger partial charge < -0.3 is 4.55 Å². The van der Waals surface area contributed by atoms with E-state index in [9.17, 15) is 13.0 Å². The van der Waals surface area contributed by atoms with Crippen LogP contribution in [0.4, 0.5) is 0 Å². The first-order chi connectivity index (χ1) is 4.87. The normalized spacial score (nSPS) is 16.3. The quantitative estimate of drug-likeness (QED) is 0.405. The van der Waals surface area contributed by atoms with Gasteiger partial charge in [-0.25, -0.2) is 13.1 Å². The molecule has 0 saturated carbocycles. The average molecular weight is 203 g/mol. The molecule has 12 heavy (non-hydrogen) atoms. The van der Waals surface area contributed by atoms with Crippen LogP contribution in [0.5, 0.6) is 0 Å². The summed E-state index contributed by atoms with van der Waals surface area (Å²) in [5.41, 5.74) is 0. The molecule has 2 atom stereocenters. The van der Waals surface area contributed by atoms with Crippen LogP contribution < -0.4 is 34.3 Å². The van der Waals surface area contributed by atoms with E-state index in [0.29, 0.717) is 0 Å². The van der Waals surface area contributed by atoms with E-state index in [2.05, 4.69) is 0 Å². The molecule has 6 heteroatoms. The van der Waals surface area contributed by atoms with Crippen molar-refractivity contribution in [3.8, 4) is 0 Å². The third kappa shape index (κ3) is 7.52. The van der Waals surface area contributed by atoms with Crippen LogP contribution in [0.1, 0.15) is 27.2 Å². The van der Waals surface area contributed by atoms with E-state index >= 15 is 0 Å². The number of rotatable bonds is 4. The van der Waals surface area contributed by atoms with Gasteiger partial charge in [-0.2, -0.15) is 0 Å². The monoisotopic (exact) mass is 203 g/mol. The van der Waals surface area contributed by atoms with E-state index < -0.39 is 10.3 Å². The minimum Gasteiger partial charge on any atom is -0.735 e. The van der Waals surface area contributed by atoms with Crippen molar-refractivity contribution in [1.29, 1.82) is 0 Å². The molecule has 0 aliphatic heterocycles. The SMILES string of the molecule is CCC(C)C(C)NS(=O)(=O)[O-].[Na+]. The summed E-state index contributed by atoms with van der Waals surface area (Å²) in [6, 6.07) is -0.275. The molecule has 0 aromatic rings. The molecule has 0 aromatic heterocycles. The van der Waals surface area contributed by atoms with Gasteiger partial charge in [0.1, 0.15) is 0 Å². The zero-order valence-corrected chi connectivity index (χ0v) is 10.8. The second kappa shape index (κ2) is 6.34. The molecule has 0 aromatic carbocycles. The largest absolute Gasteiger partial charge is 1.00 e. The first-order valence-electron chi connectivity index (χ1n) is 3.60. The van der Waals surface area contributed by atoms with Gasteiger partial charge in [-0.1, -0.05) is 20.3 Å². The number of hydrogen-bond acceptors (Lipinski definition) is 3. The van der Waals surface area contributed by atoms with Gasteiger partial charge in [-0.05, 0) is 12.8 Å². The molecule has 2 unspecified atom stereocenters. The Balaban J connectivity index is 0. The van der Waals surface area contributed by atoms with Crippen LogP contribution in [-0.4, -0.2) is 19.0 Å². The molecule has 0 fully saturated rings. The fourth-order valence-corrected chi connectivity index (χ4v) is 1.39. The second-order valence-electron chi connectivity index (χ2n) is 2.75. The molecular weight excluding hydrogens is 189 g/mol. The Labute approximate surface area is 96.3 Å². The molecule has 0 bridgehead atoms. The topological polar surface area (TPSA) is 69.2 Å². The van der Waals surface area contributed by atoms with Gasteiger partial charge in [0.15, 0.2) is 10.3 Å². The summed E-state index contributed by atoms with van der Waals surface area (Å²) in [7, 11) is -4.28. The smallest absolute Gasteiger partial charge is 0.735 e. The summed E-state index contributed by atoms with van der Waals surface area (Å²) in [6.45, 7) is 5.52. The van der Waals surface area contributed by atoms with Crippen LogP contribution in [0.15, 0.2) is 0 Å². The molecular formula is C6H14NNaO3S. The van der Waals surface area contributed by atoms with Crippen molar-refractivity contribution in [1.82, 2.24) is 4.72 Å². The van der Waals surface area contributed by atoms with E-state index in [1.807, 2.05) is 18.6 Å². The standard InChI is InChI=1S/C6H15NO3S.Na/c1-4-5(2)6(3)7-11(8,9)10;/h5-7H,4H2,1-3H3,(H,8,9,10);/q;+1/p-1. The zero-order chi connectivity index (χ0) is 9.07. The van der Waals surface area contributed by atoms with Gasteiger partial charge in [-0.15, -0.1) is 0 Å². The van der Waals surface area contributed by atoms with Crippen LogP contribution in [0.2, 0.25) is 0 Å². The maximum Gasteiger partial charge on any atom is 1.00 e. The van der Waals surface area contributed by atoms with Crippen molar-refractivity contribution in [3.63, 3.8) is 0 Å². The molecule has 0 aliphatic carbocycles. The van der Waals surface area contributed by atoms with Gasteiger partial charge in [0.25, 0.3) is 0 Å². The third-order valence-electron chi connectivity index (χ3n) is 1.83. The van der Waals surface area contributed by atoms with Crippen molar-refractivity contribution in [2.24, 2.45) is 5.92 Å². The van der Waals surface area contributed by atoms with Gasteiger partial charge in [0, 0.05) is 6.04 Å². The van der Waals surface area contributed by atoms with Gasteiger partial charge in [-0.3, -0.25) is 0 Å². The Kier molecular flexibility index (Phi) is 8.11. The minimum atomic E-state index is -4.28.